The van der Waals surface area contributed by atoms with Crippen molar-refractivity contribution in [3.05, 3.63) is 30.1 Å². The number of piperazine rings is 1. The van der Waals surface area contributed by atoms with Gasteiger partial charge in [0, 0.05) is 13.6 Å². The van der Waals surface area contributed by atoms with Crippen LogP contribution in [0.5, 0.6) is 0 Å². The first-order valence-corrected chi connectivity index (χ1v) is 5.96. The number of nitrogens with zero attached hydrogens (tertiary/aromatic N) is 2. The van der Waals surface area contributed by atoms with Crippen molar-refractivity contribution >= 4 is 17.6 Å². The van der Waals surface area contributed by atoms with Crippen molar-refractivity contribution in [1.82, 2.24) is 4.90 Å². The molecule has 19 heavy (non-hydrogen) atoms. The number of hydrogen-bond donors (Lipinski definition) is 1. The highest BCUT2D eigenvalue weighted by atomic mass is 19.1. The number of aliphatic carboxylic acids is 1. The number of anilines is 1. The number of para-hydroxylation sites is 1. The summed E-state index contributed by atoms with van der Waals surface area (Å²) in [4.78, 5) is 25.6. The van der Waals surface area contributed by atoms with Gasteiger partial charge in [-0.2, -0.15) is 0 Å². The van der Waals surface area contributed by atoms with E-state index >= 15 is 0 Å². The molecule has 1 N–H and O–H groups in total. The molecule has 1 atom stereocenters. The van der Waals surface area contributed by atoms with Gasteiger partial charge in [-0.25, -0.2) is 4.39 Å². The van der Waals surface area contributed by atoms with E-state index in [0.717, 1.165) is 0 Å². The molecule has 5 nitrogen and oxygen atoms in total. The number of carbonyl (C=O) groups is 2. The summed E-state index contributed by atoms with van der Waals surface area (Å²) in [7, 11) is 1.62. The fraction of sp³-hybridized carbons (Fsp3) is 0.385. The minimum atomic E-state index is -0.964. The summed E-state index contributed by atoms with van der Waals surface area (Å²) in [6.45, 7) is 0.273. The second-order valence-corrected chi connectivity index (χ2v) is 4.61. The van der Waals surface area contributed by atoms with Crippen LogP contribution in [0.15, 0.2) is 24.3 Å². The van der Waals surface area contributed by atoms with Crippen LogP contribution in [-0.2, 0) is 9.59 Å². The molecule has 0 aliphatic carbocycles. The van der Waals surface area contributed by atoms with Crippen molar-refractivity contribution in [3.8, 4) is 0 Å². The van der Waals surface area contributed by atoms with Crippen LogP contribution in [0.3, 0.4) is 0 Å². The van der Waals surface area contributed by atoms with E-state index in [2.05, 4.69) is 0 Å². The van der Waals surface area contributed by atoms with E-state index in [1.807, 2.05) is 0 Å². The van der Waals surface area contributed by atoms with Gasteiger partial charge in [-0.05, 0) is 12.1 Å². The number of carboxylic acid groups (broad SMARTS) is 1. The second kappa shape index (κ2) is 5.26. The van der Waals surface area contributed by atoms with Gasteiger partial charge >= 0.3 is 5.97 Å². The van der Waals surface area contributed by atoms with Gasteiger partial charge in [-0.1, -0.05) is 12.1 Å². The molecule has 6 heteroatoms. The average molecular weight is 266 g/mol. The van der Waals surface area contributed by atoms with Gasteiger partial charge in [0.15, 0.2) is 0 Å². The maximum atomic E-state index is 13.8. The van der Waals surface area contributed by atoms with Crippen LogP contribution >= 0.6 is 0 Å². The lowest BCUT2D eigenvalue weighted by Crippen LogP contribution is -2.55. The number of amides is 1. The molecular formula is C13H15FN2O3. The second-order valence-electron chi connectivity index (χ2n) is 4.61. The standard InChI is InChI=1S/C13H15FN2O3/c1-15-7-9(6-13(18)19)16(8-12(15)17)11-5-3-2-4-10(11)14/h2-5,9H,6-8H2,1H3,(H,18,19). The average Bonchev–Trinajstić information content (AvgIpc) is 2.34. The molecule has 0 spiro atoms. The molecule has 1 aliphatic heterocycles. The zero-order valence-corrected chi connectivity index (χ0v) is 10.5. The highest BCUT2D eigenvalue weighted by Gasteiger charge is 2.32. The monoisotopic (exact) mass is 266 g/mol. The van der Waals surface area contributed by atoms with E-state index < -0.39 is 17.8 Å². The van der Waals surface area contributed by atoms with Gasteiger partial charge in [0.2, 0.25) is 5.91 Å². The van der Waals surface area contributed by atoms with Crippen molar-refractivity contribution in [3.63, 3.8) is 0 Å². The van der Waals surface area contributed by atoms with Gasteiger partial charge in [0.1, 0.15) is 5.82 Å². The zero-order valence-electron chi connectivity index (χ0n) is 10.5. The number of benzene rings is 1. The maximum Gasteiger partial charge on any atom is 0.305 e. The Morgan fingerprint density at radius 1 is 1.47 bits per heavy atom. The number of carboxylic acids is 1. The van der Waals surface area contributed by atoms with Crippen LogP contribution in [0.25, 0.3) is 0 Å². The molecular weight excluding hydrogens is 251 g/mol. The molecule has 1 aliphatic rings. The van der Waals surface area contributed by atoms with Crippen molar-refractivity contribution < 1.29 is 19.1 Å². The molecule has 1 unspecified atom stereocenters. The Labute approximate surface area is 110 Å². The van der Waals surface area contributed by atoms with Crippen LogP contribution < -0.4 is 4.90 Å². The number of carbonyl (C=O) groups excluding carboxylic acids is 1. The van der Waals surface area contributed by atoms with Gasteiger partial charge in [-0.3, -0.25) is 9.59 Å². The number of halogens is 1. The number of likely N-dealkylation sites (N-methyl/N-ethyl adjacent to an activating group) is 1. The van der Waals surface area contributed by atoms with Crippen molar-refractivity contribution in [2.24, 2.45) is 0 Å². The quantitative estimate of drug-likeness (QED) is 0.884. The summed E-state index contributed by atoms with van der Waals surface area (Å²) in [5.74, 6) is -1.56. The first kappa shape index (κ1) is 13.3. The lowest BCUT2D eigenvalue weighted by molar-refractivity contribution is -0.139. The molecule has 1 aromatic carbocycles. The molecule has 1 fully saturated rings. The van der Waals surface area contributed by atoms with Gasteiger partial charge in [0.25, 0.3) is 0 Å². The minimum Gasteiger partial charge on any atom is -0.481 e. The van der Waals surface area contributed by atoms with E-state index in [1.165, 1.54) is 15.9 Å². The Morgan fingerprint density at radius 2 is 2.16 bits per heavy atom. The Bertz CT molecular complexity index is 506. The third kappa shape index (κ3) is 2.83. The van der Waals surface area contributed by atoms with Crippen molar-refractivity contribution in [2.75, 3.05) is 25.0 Å². The van der Waals surface area contributed by atoms with Crippen LogP contribution in [-0.4, -0.2) is 48.1 Å². The van der Waals surface area contributed by atoms with Crippen LogP contribution in [0, 0.1) is 5.82 Å². The van der Waals surface area contributed by atoms with Crippen molar-refractivity contribution in [1.29, 1.82) is 0 Å². The lowest BCUT2D eigenvalue weighted by atomic mass is 10.1. The molecule has 0 bridgehead atoms. The Hall–Kier alpha value is -2.11. The normalized spacial score (nSPS) is 19.7. The predicted octanol–water partition coefficient (Wildman–Crippen LogP) is 0.947. The van der Waals surface area contributed by atoms with E-state index in [9.17, 15) is 14.0 Å². The Morgan fingerprint density at radius 3 is 2.79 bits per heavy atom. The summed E-state index contributed by atoms with van der Waals surface area (Å²) in [6, 6.07) is 5.66. The van der Waals surface area contributed by atoms with E-state index in [-0.39, 0.29) is 31.1 Å². The molecule has 0 aromatic heterocycles. The molecule has 1 heterocycles. The summed E-state index contributed by atoms with van der Waals surface area (Å²) in [5, 5.41) is 8.93. The Balaban J connectivity index is 2.31. The molecule has 0 saturated carbocycles. The van der Waals surface area contributed by atoms with E-state index in [4.69, 9.17) is 5.11 Å². The largest absolute Gasteiger partial charge is 0.481 e. The predicted molar refractivity (Wildman–Crippen MR) is 67.4 cm³/mol. The highest BCUT2D eigenvalue weighted by molar-refractivity contribution is 5.83. The molecule has 0 radical (unpaired) electrons. The third-order valence-electron chi connectivity index (χ3n) is 3.23. The number of hydrogen-bond acceptors (Lipinski definition) is 3. The Kier molecular flexibility index (Phi) is 3.69. The SMILES string of the molecule is CN1CC(CC(=O)O)N(c2ccccc2F)CC1=O. The fourth-order valence-corrected chi connectivity index (χ4v) is 2.25. The van der Waals surface area contributed by atoms with Crippen LogP contribution in [0.1, 0.15) is 6.42 Å². The maximum absolute atomic E-state index is 13.8. The fourth-order valence-electron chi connectivity index (χ4n) is 2.25. The number of rotatable bonds is 3. The van der Waals surface area contributed by atoms with Gasteiger partial charge in [-0.15, -0.1) is 0 Å². The van der Waals surface area contributed by atoms with Crippen LogP contribution in [0.2, 0.25) is 0 Å². The first-order valence-electron chi connectivity index (χ1n) is 5.96. The summed E-state index contributed by atoms with van der Waals surface area (Å²) in [5.41, 5.74) is 0.273. The zero-order chi connectivity index (χ0) is 14.0. The molecule has 1 amide bonds. The molecule has 1 saturated heterocycles. The van der Waals surface area contributed by atoms with Crippen LogP contribution in [0.4, 0.5) is 10.1 Å². The summed E-state index contributed by atoms with van der Waals surface area (Å²) >= 11 is 0. The van der Waals surface area contributed by atoms with Gasteiger partial charge in [0.05, 0.1) is 24.7 Å². The van der Waals surface area contributed by atoms with Gasteiger partial charge < -0.3 is 14.9 Å². The topological polar surface area (TPSA) is 60.9 Å². The molecule has 102 valence electrons. The highest BCUT2D eigenvalue weighted by Crippen LogP contribution is 2.25. The molecule has 1 aromatic rings. The van der Waals surface area contributed by atoms with Crippen molar-refractivity contribution in [2.45, 2.75) is 12.5 Å². The minimum absolute atomic E-state index is 0.00458. The summed E-state index contributed by atoms with van der Waals surface area (Å²) < 4.78 is 13.8. The first-order chi connectivity index (χ1) is 8.99. The lowest BCUT2D eigenvalue weighted by Gasteiger charge is -2.40. The third-order valence-corrected chi connectivity index (χ3v) is 3.23. The van der Waals surface area contributed by atoms with E-state index in [0.29, 0.717) is 0 Å². The summed E-state index contributed by atoms with van der Waals surface area (Å²) in [6.07, 6.45) is -0.133. The molecule has 2 rings (SSSR count). The van der Waals surface area contributed by atoms with E-state index in [1.54, 1.807) is 25.2 Å². The smallest absolute Gasteiger partial charge is 0.305 e.